The van der Waals surface area contributed by atoms with Crippen LogP contribution in [-0.2, 0) is 20.8 Å². The quantitative estimate of drug-likeness (QED) is 0.642. The Bertz CT molecular complexity index is 745. The molecule has 0 radical (unpaired) electrons. The first-order chi connectivity index (χ1) is 14.3. The van der Waals surface area contributed by atoms with Crippen molar-refractivity contribution in [3.05, 3.63) is 11.9 Å². The first-order valence-corrected chi connectivity index (χ1v) is 11.3. The van der Waals surface area contributed by atoms with Gasteiger partial charge in [0, 0.05) is 33.4 Å². The van der Waals surface area contributed by atoms with Gasteiger partial charge in [0.05, 0.1) is 24.0 Å². The maximum absolute atomic E-state index is 12.9. The zero-order chi connectivity index (χ0) is 21.5. The summed E-state index contributed by atoms with van der Waals surface area (Å²) in [6, 6.07) is 0.180. The molecular formula is C22H37N5O3. The van der Waals surface area contributed by atoms with E-state index in [-0.39, 0.29) is 18.1 Å². The van der Waals surface area contributed by atoms with Gasteiger partial charge in [0.25, 0.3) is 5.91 Å². The predicted octanol–water partition coefficient (Wildman–Crippen LogP) is 1.97. The topological polar surface area (TPSA) is 72.7 Å². The average Bonchev–Trinajstić information content (AvgIpc) is 3.27. The van der Waals surface area contributed by atoms with Crippen LogP contribution in [0.4, 0.5) is 0 Å². The Morgan fingerprint density at radius 2 is 1.93 bits per heavy atom. The number of hydrogen-bond donors (Lipinski definition) is 0. The van der Waals surface area contributed by atoms with Crippen molar-refractivity contribution in [1.29, 1.82) is 0 Å². The molecule has 1 saturated heterocycles. The van der Waals surface area contributed by atoms with Gasteiger partial charge in [-0.3, -0.25) is 4.79 Å². The molecule has 0 N–H and O–H groups in total. The first-order valence-electron chi connectivity index (χ1n) is 11.3. The number of fused-ring (bicyclic) bond motifs is 1. The summed E-state index contributed by atoms with van der Waals surface area (Å²) in [5.41, 5.74) is 0.204. The lowest BCUT2D eigenvalue weighted by Gasteiger charge is -2.37. The molecule has 8 nitrogen and oxygen atoms in total. The number of likely N-dealkylation sites (tertiary alicyclic amines) is 1. The van der Waals surface area contributed by atoms with E-state index in [9.17, 15) is 4.79 Å². The molecule has 168 valence electrons. The molecule has 0 aromatic carbocycles. The highest BCUT2D eigenvalue weighted by molar-refractivity contribution is 5.84. The summed E-state index contributed by atoms with van der Waals surface area (Å²) in [7, 11) is 5.68. The van der Waals surface area contributed by atoms with E-state index in [4.69, 9.17) is 9.47 Å². The van der Waals surface area contributed by atoms with Crippen LogP contribution < -0.4 is 0 Å². The molecule has 1 aromatic rings. The molecule has 0 bridgehead atoms. The number of nitrogens with zero attached hydrogens (tertiary/aromatic N) is 5. The highest BCUT2D eigenvalue weighted by Gasteiger charge is 2.47. The minimum Gasteiger partial charge on any atom is -0.376 e. The summed E-state index contributed by atoms with van der Waals surface area (Å²) in [5.74, 6) is 1.76. The van der Waals surface area contributed by atoms with Crippen LogP contribution in [0.25, 0.3) is 0 Å². The Morgan fingerprint density at radius 1 is 1.23 bits per heavy atom. The smallest absolute Gasteiger partial charge is 0.254 e. The Balaban J connectivity index is 1.48. The van der Waals surface area contributed by atoms with Gasteiger partial charge in [0.15, 0.2) is 0 Å². The fourth-order valence-corrected chi connectivity index (χ4v) is 4.90. The molecule has 30 heavy (non-hydrogen) atoms. The third-order valence-corrected chi connectivity index (χ3v) is 7.02. The number of ether oxygens (including phenoxy) is 2. The molecule has 2 aliphatic carbocycles. The largest absolute Gasteiger partial charge is 0.376 e. The van der Waals surface area contributed by atoms with Crippen LogP contribution in [0.5, 0.6) is 0 Å². The van der Waals surface area contributed by atoms with Crippen molar-refractivity contribution in [3.63, 3.8) is 0 Å². The van der Waals surface area contributed by atoms with E-state index in [1.54, 1.807) is 7.11 Å². The molecule has 1 aliphatic heterocycles. The van der Waals surface area contributed by atoms with E-state index in [0.717, 1.165) is 50.7 Å². The SMILES string of the molecule is COC(C)(C)C(=O)N1C[C@H]2C[C@@H](n3cc(CN(C)C)nn3)[C@H](OCC3CC3)C[C@H]2C1. The summed E-state index contributed by atoms with van der Waals surface area (Å²) in [4.78, 5) is 17.0. The minimum atomic E-state index is -0.776. The molecule has 2 saturated carbocycles. The number of rotatable bonds is 8. The predicted molar refractivity (Wildman–Crippen MR) is 113 cm³/mol. The molecule has 2 heterocycles. The van der Waals surface area contributed by atoms with Crippen molar-refractivity contribution in [1.82, 2.24) is 24.8 Å². The van der Waals surface area contributed by atoms with Crippen molar-refractivity contribution in [2.24, 2.45) is 17.8 Å². The Labute approximate surface area is 179 Å². The first kappa shape index (κ1) is 21.7. The molecule has 0 spiro atoms. The normalized spacial score (nSPS) is 29.5. The second kappa shape index (κ2) is 8.55. The molecule has 8 heteroatoms. The fourth-order valence-electron chi connectivity index (χ4n) is 4.90. The lowest BCUT2D eigenvalue weighted by molar-refractivity contribution is -0.150. The highest BCUT2D eigenvalue weighted by Crippen LogP contribution is 2.43. The van der Waals surface area contributed by atoms with E-state index in [1.165, 1.54) is 12.8 Å². The number of methoxy groups -OCH3 is 1. The van der Waals surface area contributed by atoms with Crippen LogP contribution in [0.3, 0.4) is 0 Å². The lowest BCUT2D eigenvalue weighted by Crippen LogP contribution is -2.45. The van der Waals surface area contributed by atoms with Gasteiger partial charge in [-0.1, -0.05) is 5.21 Å². The summed E-state index contributed by atoms with van der Waals surface area (Å²) < 4.78 is 13.9. The third kappa shape index (κ3) is 4.70. The Hall–Kier alpha value is -1.51. The van der Waals surface area contributed by atoms with Crippen molar-refractivity contribution in [2.75, 3.05) is 40.9 Å². The molecule has 1 aromatic heterocycles. The van der Waals surface area contributed by atoms with Gasteiger partial charge in [0.2, 0.25) is 0 Å². The molecule has 0 unspecified atom stereocenters. The molecular weight excluding hydrogens is 382 g/mol. The van der Waals surface area contributed by atoms with Gasteiger partial charge in [-0.15, -0.1) is 5.10 Å². The third-order valence-electron chi connectivity index (χ3n) is 7.02. The fraction of sp³-hybridized carbons (Fsp3) is 0.864. The van der Waals surface area contributed by atoms with Gasteiger partial charge in [0.1, 0.15) is 5.60 Å². The summed E-state index contributed by atoms with van der Waals surface area (Å²) >= 11 is 0. The van der Waals surface area contributed by atoms with Crippen LogP contribution in [-0.4, -0.2) is 83.3 Å². The van der Waals surface area contributed by atoms with Crippen LogP contribution in [0.1, 0.15) is 51.3 Å². The number of aromatic nitrogens is 3. The van der Waals surface area contributed by atoms with Crippen molar-refractivity contribution in [3.8, 4) is 0 Å². The zero-order valence-electron chi connectivity index (χ0n) is 19.1. The van der Waals surface area contributed by atoms with Gasteiger partial charge in [-0.25, -0.2) is 4.68 Å². The van der Waals surface area contributed by atoms with Crippen LogP contribution >= 0.6 is 0 Å². The molecule has 4 rings (SSSR count). The summed E-state index contributed by atoms with van der Waals surface area (Å²) in [6.07, 6.45) is 6.72. The second-order valence-corrected chi connectivity index (χ2v) is 10.2. The minimum absolute atomic E-state index is 0.0837. The van der Waals surface area contributed by atoms with Gasteiger partial charge in [-0.05, 0) is 71.4 Å². The number of carbonyl (C=O) groups is 1. The average molecular weight is 420 g/mol. The number of carbonyl (C=O) groups excluding carboxylic acids is 1. The maximum atomic E-state index is 12.9. The van der Waals surface area contributed by atoms with E-state index in [2.05, 4.69) is 21.4 Å². The zero-order valence-corrected chi connectivity index (χ0v) is 19.1. The summed E-state index contributed by atoms with van der Waals surface area (Å²) in [5, 5.41) is 8.85. The van der Waals surface area contributed by atoms with Crippen LogP contribution in [0, 0.1) is 17.8 Å². The summed E-state index contributed by atoms with van der Waals surface area (Å²) in [6.45, 7) is 6.92. The highest BCUT2D eigenvalue weighted by atomic mass is 16.5. The molecule has 3 fully saturated rings. The van der Waals surface area contributed by atoms with Crippen molar-refractivity contribution >= 4 is 5.91 Å². The van der Waals surface area contributed by atoms with E-state index in [0.29, 0.717) is 11.8 Å². The van der Waals surface area contributed by atoms with Crippen molar-refractivity contribution < 1.29 is 14.3 Å². The van der Waals surface area contributed by atoms with Gasteiger partial charge < -0.3 is 19.3 Å². The van der Waals surface area contributed by atoms with E-state index in [1.807, 2.05) is 37.5 Å². The Kier molecular flexibility index (Phi) is 6.19. The second-order valence-electron chi connectivity index (χ2n) is 10.2. The van der Waals surface area contributed by atoms with Crippen LogP contribution in [0.15, 0.2) is 6.20 Å². The van der Waals surface area contributed by atoms with Crippen molar-refractivity contribution in [2.45, 2.75) is 63.8 Å². The molecule has 1 amide bonds. The number of amides is 1. The lowest BCUT2D eigenvalue weighted by atomic mass is 9.77. The van der Waals surface area contributed by atoms with E-state index >= 15 is 0 Å². The van der Waals surface area contributed by atoms with Gasteiger partial charge >= 0.3 is 0 Å². The molecule has 3 aliphatic rings. The standard InChI is InChI=1S/C22H37N5O3/c1-22(2,29-5)21(28)26-10-16-8-19(27-13-18(23-24-27)12-25(3)4)20(9-17(16)11-26)30-14-15-6-7-15/h13,15-17,19-20H,6-12,14H2,1-5H3/t16-,17+,19-,20-/m1/s1. The van der Waals surface area contributed by atoms with E-state index < -0.39 is 5.60 Å². The maximum Gasteiger partial charge on any atom is 0.254 e. The van der Waals surface area contributed by atoms with Gasteiger partial charge in [-0.2, -0.15) is 0 Å². The molecule has 4 atom stereocenters. The number of hydrogen-bond acceptors (Lipinski definition) is 6. The Morgan fingerprint density at radius 3 is 2.57 bits per heavy atom. The van der Waals surface area contributed by atoms with Crippen LogP contribution in [0.2, 0.25) is 0 Å². The monoisotopic (exact) mass is 419 g/mol.